The third-order valence-corrected chi connectivity index (χ3v) is 4.93. The van der Waals surface area contributed by atoms with Crippen LogP contribution in [0.5, 0.6) is 0 Å². The highest BCUT2D eigenvalue weighted by molar-refractivity contribution is 14.0. The number of benzene rings is 1. The summed E-state index contributed by atoms with van der Waals surface area (Å²) in [6.45, 7) is 4.83. The molecule has 2 N–H and O–H groups in total. The van der Waals surface area contributed by atoms with E-state index in [1.54, 1.807) is 28.0 Å². The van der Waals surface area contributed by atoms with Gasteiger partial charge in [0.2, 0.25) is 0 Å². The van der Waals surface area contributed by atoms with Gasteiger partial charge >= 0.3 is 0 Å². The fraction of sp³-hybridized carbons (Fsp3) is 0.238. The highest BCUT2D eigenvalue weighted by atomic mass is 127. The smallest absolute Gasteiger partial charge is 0.250 e. The van der Waals surface area contributed by atoms with E-state index >= 15 is 0 Å². The maximum absolute atomic E-state index is 11.8. The number of nitrogens with one attached hydrogen (secondary N) is 2. The molecule has 0 aliphatic rings. The minimum Gasteiger partial charge on any atom is -0.357 e. The first-order valence-electron chi connectivity index (χ1n) is 9.02. The van der Waals surface area contributed by atoms with Crippen molar-refractivity contribution >= 4 is 41.3 Å². The van der Waals surface area contributed by atoms with E-state index < -0.39 is 0 Å². The van der Waals surface area contributed by atoms with E-state index in [0.717, 1.165) is 30.2 Å². The highest BCUT2D eigenvalue weighted by Gasteiger charge is 2.01. The molecule has 0 amide bonds. The second-order valence-corrected chi connectivity index (χ2v) is 7.14. The van der Waals surface area contributed by atoms with Gasteiger partial charge in [0.05, 0.1) is 19.6 Å². The molecule has 28 heavy (non-hydrogen) atoms. The molecular weight excluding hydrogens is 483 g/mol. The number of pyridine rings is 1. The number of nitrogens with zero attached hydrogens (tertiary/aromatic N) is 2. The van der Waals surface area contributed by atoms with E-state index in [4.69, 9.17) is 0 Å². The molecule has 148 valence electrons. The molecule has 5 nitrogen and oxygen atoms in total. The van der Waals surface area contributed by atoms with Gasteiger partial charge in [-0.15, -0.1) is 35.3 Å². The van der Waals surface area contributed by atoms with Crippen molar-refractivity contribution in [3.8, 4) is 0 Å². The summed E-state index contributed by atoms with van der Waals surface area (Å²) in [5.74, 6) is 0.811. The van der Waals surface area contributed by atoms with Crippen molar-refractivity contribution in [2.24, 2.45) is 4.99 Å². The predicted octanol–water partition coefficient (Wildman–Crippen LogP) is 3.83. The summed E-state index contributed by atoms with van der Waals surface area (Å²) >= 11 is 1.73. The van der Waals surface area contributed by atoms with Crippen LogP contribution in [0.4, 0.5) is 0 Å². The Balaban J connectivity index is 0.00000280. The lowest BCUT2D eigenvalue weighted by molar-refractivity contribution is 0.759. The predicted molar refractivity (Wildman–Crippen MR) is 128 cm³/mol. The Bertz CT molecular complexity index is 920. The molecule has 0 saturated heterocycles. The van der Waals surface area contributed by atoms with Gasteiger partial charge < -0.3 is 15.2 Å². The zero-order chi connectivity index (χ0) is 18.9. The molecule has 2 heterocycles. The molecule has 0 radical (unpaired) electrons. The highest BCUT2D eigenvalue weighted by Crippen LogP contribution is 2.08. The van der Waals surface area contributed by atoms with E-state index in [1.165, 1.54) is 4.88 Å². The van der Waals surface area contributed by atoms with Gasteiger partial charge in [0, 0.05) is 23.7 Å². The number of hydrogen-bond acceptors (Lipinski definition) is 3. The van der Waals surface area contributed by atoms with Crippen molar-refractivity contribution in [2.75, 3.05) is 6.54 Å². The fourth-order valence-corrected chi connectivity index (χ4v) is 3.28. The van der Waals surface area contributed by atoms with Crippen molar-refractivity contribution in [3.05, 3.63) is 92.5 Å². The Hall–Kier alpha value is -2.13. The topological polar surface area (TPSA) is 58.4 Å². The van der Waals surface area contributed by atoms with Gasteiger partial charge in [-0.1, -0.05) is 36.4 Å². The third-order valence-electron chi connectivity index (χ3n) is 4.05. The zero-order valence-electron chi connectivity index (χ0n) is 15.8. The average molecular weight is 508 g/mol. The molecule has 0 saturated carbocycles. The SMILES string of the molecule is CCNC(=NCc1ccc(Cn2ccccc2=O)cc1)NCc1cccs1.I. The standard InChI is InChI=1S/C21H24N4OS.HI/c1-2-22-21(24-15-19-6-5-13-27-19)23-14-17-8-10-18(11-9-17)16-25-12-4-3-7-20(25)26;/h3-13H,2,14-16H2,1H3,(H2,22,23,24);1H. The van der Waals surface area contributed by atoms with E-state index in [2.05, 4.69) is 64.3 Å². The maximum atomic E-state index is 11.8. The lowest BCUT2D eigenvalue weighted by atomic mass is 10.1. The van der Waals surface area contributed by atoms with E-state index in [0.29, 0.717) is 13.1 Å². The van der Waals surface area contributed by atoms with Crippen LogP contribution in [-0.4, -0.2) is 17.1 Å². The van der Waals surface area contributed by atoms with E-state index in [1.807, 2.05) is 12.3 Å². The van der Waals surface area contributed by atoms with Gasteiger partial charge in [-0.3, -0.25) is 4.79 Å². The van der Waals surface area contributed by atoms with Crippen LogP contribution in [-0.2, 0) is 19.6 Å². The summed E-state index contributed by atoms with van der Waals surface area (Å²) in [5, 5.41) is 8.70. The van der Waals surface area contributed by atoms with Crippen LogP contribution in [0.1, 0.15) is 22.9 Å². The molecule has 0 aliphatic carbocycles. The van der Waals surface area contributed by atoms with E-state index in [9.17, 15) is 4.79 Å². The minimum atomic E-state index is 0. The number of hydrogen-bond donors (Lipinski definition) is 2. The lowest BCUT2D eigenvalue weighted by Crippen LogP contribution is -2.36. The van der Waals surface area contributed by atoms with Crippen molar-refractivity contribution in [3.63, 3.8) is 0 Å². The molecule has 2 aromatic heterocycles. The summed E-state index contributed by atoms with van der Waals surface area (Å²) in [6.07, 6.45) is 1.81. The van der Waals surface area contributed by atoms with Gasteiger partial charge in [0.25, 0.3) is 5.56 Å². The minimum absolute atomic E-state index is 0. The van der Waals surface area contributed by atoms with Gasteiger partial charge in [-0.2, -0.15) is 0 Å². The Morgan fingerprint density at radius 3 is 2.50 bits per heavy atom. The van der Waals surface area contributed by atoms with E-state index in [-0.39, 0.29) is 29.5 Å². The van der Waals surface area contributed by atoms with Gasteiger partial charge in [-0.05, 0) is 35.6 Å². The Morgan fingerprint density at radius 1 is 1.04 bits per heavy atom. The number of guanidine groups is 1. The van der Waals surface area contributed by atoms with Crippen LogP contribution < -0.4 is 16.2 Å². The van der Waals surface area contributed by atoms with Crippen molar-refractivity contribution in [2.45, 2.75) is 26.6 Å². The van der Waals surface area contributed by atoms with Crippen LogP contribution in [0, 0.1) is 0 Å². The molecule has 3 rings (SSSR count). The first kappa shape index (κ1) is 22.2. The van der Waals surface area contributed by atoms with Crippen LogP contribution in [0.2, 0.25) is 0 Å². The van der Waals surface area contributed by atoms with Crippen LogP contribution in [0.15, 0.2) is 76.0 Å². The second kappa shape index (κ2) is 11.7. The number of aromatic nitrogens is 1. The Morgan fingerprint density at radius 2 is 1.82 bits per heavy atom. The summed E-state index contributed by atoms with van der Waals surface area (Å²) in [5.41, 5.74) is 2.24. The van der Waals surface area contributed by atoms with Crippen molar-refractivity contribution in [1.82, 2.24) is 15.2 Å². The fourth-order valence-electron chi connectivity index (χ4n) is 2.63. The monoisotopic (exact) mass is 508 g/mol. The molecule has 0 aliphatic heterocycles. The summed E-state index contributed by atoms with van der Waals surface area (Å²) in [7, 11) is 0. The molecule has 0 spiro atoms. The van der Waals surface area contributed by atoms with Gasteiger partial charge in [0.1, 0.15) is 0 Å². The first-order valence-corrected chi connectivity index (χ1v) is 9.90. The largest absolute Gasteiger partial charge is 0.357 e. The van der Waals surface area contributed by atoms with Gasteiger partial charge in [-0.25, -0.2) is 4.99 Å². The first-order chi connectivity index (χ1) is 13.2. The second-order valence-electron chi connectivity index (χ2n) is 6.11. The molecule has 0 atom stereocenters. The summed E-state index contributed by atoms with van der Waals surface area (Å²) in [4.78, 5) is 17.7. The molecule has 7 heteroatoms. The molecule has 0 unspecified atom stereocenters. The third kappa shape index (κ3) is 6.79. The van der Waals surface area contributed by atoms with Crippen molar-refractivity contribution in [1.29, 1.82) is 0 Å². The van der Waals surface area contributed by atoms with Crippen LogP contribution in [0.3, 0.4) is 0 Å². The number of thiophene rings is 1. The average Bonchev–Trinajstić information content (AvgIpc) is 3.21. The van der Waals surface area contributed by atoms with Crippen LogP contribution in [0.25, 0.3) is 0 Å². The number of halogens is 1. The molecule has 1 aromatic carbocycles. The lowest BCUT2D eigenvalue weighted by Gasteiger charge is -2.10. The number of rotatable bonds is 7. The van der Waals surface area contributed by atoms with Crippen molar-refractivity contribution < 1.29 is 0 Å². The molecule has 0 fully saturated rings. The normalized spacial score (nSPS) is 11.0. The number of aliphatic imine (C=N–C) groups is 1. The molecule has 3 aromatic rings. The Labute approximate surface area is 186 Å². The summed E-state index contributed by atoms with van der Waals surface area (Å²) in [6, 6.07) is 17.6. The van der Waals surface area contributed by atoms with Gasteiger partial charge in [0.15, 0.2) is 5.96 Å². The van der Waals surface area contributed by atoms with Crippen LogP contribution >= 0.6 is 35.3 Å². The molecule has 0 bridgehead atoms. The quantitative estimate of drug-likeness (QED) is 0.290. The molecular formula is C21H25IN4OS. The maximum Gasteiger partial charge on any atom is 0.250 e. The Kier molecular flexibility index (Phi) is 9.22. The summed E-state index contributed by atoms with van der Waals surface area (Å²) < 4.78 is 1.70. The zero-order valence-corrected chi connectivity index (χ0v) is 18.9.